The van der Waals surface area contributed by atoms with Crippen LogP contribution in [0.25, 0.3) is 0 Å². The summed E-state index contributed by atoms with van der Waals surface area (Å²) in [6, 6.07) is 0.421. The van der Waals surface area contributed by atoms with Gasteiger partial charge in [-0.1, -0.05) is 12.8 Å². The molecular weight excluding hydrogens is 672 g/mol. The van der Waals surface area contributed by atoms with Crippen molar-refractivity contribution in [1.29, 1.82) is 0 Å². The van der Waals surface area contributed by atoms with Crippen LogP contribution in [0.1, 0.15) is 90.4 Å². The van der Waals surface area contributed by atoms with E-state index >= 15 is 0 Å². The van der Waals surface area contributed by atoms with E-state index in [1.165, 1.54) is 9.13 Å². The largest absolute Gasteiger partial charge is 0.465 e. The molecule has 4 rings (SSSR count). The molecule has 3 unspecified atom stereocenters. The number of hydrogen-bond donors (Lipinski definition) is 3. The summed E-state index contributed by atoms with van der Waals surface area (Å²) in [5.74, 6) is -0.621. The van der Waals surface area contributed by atoms with Crippen molar-refractivity contribution in [2.24, 2.45) is 0 Å². The van der Waals surface area contributed by atoms with Gasteiger partial charge in [0.15, 0.2) is 11.6 Å². The number of hydrogen-bond acceptors (Lipinski definition) is 13. The number of rotatable bonds is 17. The number of nitrogens with one attached hydrogen (secondary N) is 3. The molecule has 2 saturated heterocycles. The molecule has 2 aliphatic rings. The number of nitrogens with zero attached hydrogens (tertiary/aromatic N) is 5. The second-order valence-electron chi connectivity index (χ2n) is 14.5. The summed E-state index contributed by atoms with van der Waals surface area (Å²) >= 11 is 0. The molecule has 3 N–H and O–H groups in total. The summed E-state index contributed by atoms with van der Waals surface area (Å²) in [4.78, 5) is 73.4. The number of unbranched alkanes of at least 4 members (excludes halogenated alkanes) is 2. The third-order valence-electron chi connectivity index (χ3n) is 9.21. The number of ether oxygens (including phenoxy) is 3. The van der Waals surface area contributed by atoms with Crippen LogP contribution in [0, 0.1) is 13.8 Å². The summed E-state index contributed by atoms with van der Waals surface area (Å²) < 4.78 is 18.7. The van der Waals surface area contributed by atoms with Crippen LogP contribution in [0.4, 0.5) is 16.4 Å². The van der Waals surface area contributed by atoms with E-state index in [1.807, 2.05) is 20.8 Å². The van der Waals surface area contributed by atoms with E-state index in [2.05, 4.69) is 25.9 Å². The quantitative estimate of drug-likeness (QED) is 0.123. The zero-order chi connectivity index (χ0) is 37.8. The smallest absolute Gasteiger partial charge is 0.410 e. The lowest BCUT2D eigenvalue weighted by molar-refractivity contribution is -0.145. The molecule has 2 aromatic rings. The number of esters is 2. The fraction of sp³-hybridized carbons (Fsp3) is 0.694. The summed E-state index contributed by atoms with van der Waals surface area (Å²) in [6.07, 6.45) is 9.92. The van der Waals surface area contributed by atoms with Gasteiger partial charge < -0.3 is 35.1 Å². The monoisotopic (exact) mass is 728 g/mol. The van der Waals surface area contributed by atoms with E-state index in [4.69, 9.17) is 14.2 Å². The van der Waals surface area contributed by atoms with Gasteiger partial charge in [0.25, 0.3) is 11.1 Å². The molecule has 0 saturated carbocycles. The van der Waals surface area contributed by atoms with Crippen LogP contribution in [0.3, 0.4) is 0 Å². The minimum absolute atomic E-state index is 0.120. The number of aryl methyl sites for hydroxylation is 2. The number of likely N-dealkylation sites (tertiary alicyclic amines) is 1. The first-order valence-electron chi connectivity index (χ1n) is 18.4. The van der Waals surface area contributed by atoms with Crippen LogP contribution in [-0.4, -0.2) is 98.6 Å². The summed E-state index contributed by atoms with van der Waals surface area (Å²) in [7, 11) is 0. The Morgan fingerprint density at radius 1 is 0.846 bits per heavy atom. The fourth-order valence-corrected chi connectivity index (χ4v) is 6.48. The van der Waals surface area contributed by atoms with Gasteiger partial charge in [-0.2, -0.15) is 0 Å². The number of anilines is 2. The van der Waals surface area contributed by atoms with E-state index in [9.17, 15) is 24.0 Å². The Balaban J connectivity index is 1.13. The van der Waals surface area contributed by atoms with Gasteiger partial charge in [-0.05, 0) is 80.1 Å². The highest BCUT2D eigenvalue weighted by Crippen LogP contribution is 2.21. The molecule has 0 bridgehead atoms. The third kappa shape index (κ3) is 11.8. The van der Waals surface area contributed by atoms with E-state index in [0.717, 1.165) is 44.9 Å². The van der Waals surface area contributed by atoms with Crippen molar-refractivity contribution in [3.8, 4) is 0 Å². The molecule has 16 heteroatoms. The lowest BCUT2D eigenvalue weighted by Crippen LogP contribution is -2.43. The van der Waals surface area contributed by atoms with E-state index in [0.29, 0.717) is 43.5 Å². The fourth-order valence-electron chi connectivity index (χ4n) is 6.48. The molecular formula is C36H56N8O8. The average molecular weight is 729 g/mol. The normalized spacial score (nSPS) is 18.7. The van der Waals surface area contributed by atoms with Crippen molar-refractivity contribution < 1.29 is 28.6 Å². The lowest BCUT2D eigenvalue weighted by Gasteiger charge is -2.28. The molecule has 2 aliphatic heterocycles. The van der Waals surface area contributed by atoms with Gasteiger partial charge in [-0.15, -0.1) is 0 Å². The molecule has 0 spiro atoms. The first kappa shape index (κ1) is 40.3. The predicted molar refractivity (Wildman–Crippen MR) is 195 cm³/mol. The minimum Gasteiger partial charge on any atom is -0.465 e. The molecule has 4 heterocycles. The van der Waals surface area contributed by atoms with Crippen LogP contribution in [0.2, 0.25) is 0 Å². The SMILES string of the molecule is CCOC(=O)Cn1c(C)cnc(NCC2CCC(CCCCCOC(=O)Cn3c(C)cnc(NCC4CCCN4C(=O)OC(C)(C)C)c3=O)N2)c1=O. The lowest BCUT2D eigenvalue weighted by atomic mass is 10.1. The maximum atomic E-state index is 13.2. The Kier molecular flexibility index (Phi) is 14.6. The maximum Gasteiger partial charge on any atom is 0.410 e. The van der Waals surface area contributed by atoms with E-state index < -0.39 is 23.1 Å². The minimum atomic E-state index is -0.594. The average Bonchev–Trinajstić information content (AvgIpc) is 3.75. The van der Waals surface area contributed by atoms with Crippen LogP contribution in [0.15, 0.2) is 22.0 Å². The highest BCUT2D eigenvalue weighted by Gasteiger charge is 2.32. The Morgan fingerprint density at radius 2 is 1.44 bits per heavy atom. The Labute approximate surface area is 305 Å². The summed E-state index contributed by atoms with van der Waals surface area (Å²) in [5.41, 5.74) is -0.231. The highest BCUT2D eigenvalue weighted by molar-refractivity contribution is 5.70. The standard InChI is InChI=1S/C36H56N8O8/c1-7-50-29(45)22-43-24(2)18-37-31(33(43)47)39-20-27-15-14-26(41-27)12-9-8-10-17-51-30(46)23-44-25(3)19-38-32(34(44)48)40-21-28-13-11-16-42(28)35(49)52-36(4,5)6/h18-19,26-28,41H,7-17,20-23H2,1-6H3,(H,37,39)(H,38,40). The molecule has 1 amide bonds. The first-order valence-corrected chi connectivity index (χ1v) is 18.4. The predicted octanol–water partition coefficient (Wildman–Crippen LogP) is 3.13. The van der Waals surface area contributed by atoms with Gasteiger partial charge in [0.05, 0.1) is 19.3 Å². The van der Waals surface area contributed by atoms with Crippen molar-refractivity contribution >= 4 is 29.7 Å². The molecule has 2 aromatic heterocycles. The molecule has 0 radical (unpaired) electrons. The zero-order valence-corrected chi connectivity index (χ0v) is 31.5. The van der Waals surface area contributed by atoms with Crippen LogP contribution in [0.5, 0.6) is 0 Å². The number of amides is 1. The van der Waals surface area contributed by atoms with Gasteiger partial charge in [0.2, 0.25) is 0 Å². The Bertz CT molecular complexity index is 1650. The van der Waals surface area contributed by atoms with Gasteiger partial charge in [-0.25, -0.2) is 14.8 Å². The van der Waals surface area contributed by atoms with Crippen molar-refractivity contribution in [2.45, 2.75) is 130 Å². The van der Waals surface area contributed by atoms with Crippen molar-refractivity contribution in [2.75, 3.05) is 43.5 Å². The van der Waals surface area contributed by atoms with E-state index in [1.54, 1.807) is 38.1 Å². The molecule has 0 aromatic carbocycles. The second kappa shape index (κ2) is 18.9. The second-order valence-corrected chi connectivity index (χ2v) is 14.5. The number of carbonyl (C=O) groups is 3. The first-order chi connectivity index (χ1) is 24.8. The molecule has 0 aliphatic carbocycles. The van der Waals surface area contributed by atoms with Crippen molar-refractivity contribution in [3.63, 3.8) is 0 Å². The summed E-state index contributed by atoms with van der Waals surface area (Å²) in [6.45, 7) is 12.3. The van der Waals surface area contributed by atoms with Crippen molar-refractivity contribution in [1.82, 2.24) is 29.3 Å². The molecule has 16 nitrogen and oxygen atoms in total. The van der Waals surface area contributed by atoms with Crippen LogP contribution in [-0.2, 0) is 36.9 Å². The van der Waals surface area contributed by atoms with Crippen LogP contribution >= 0.6 is 0 Å². The Morgan fingerprint density at radius 3 is 2.06 bits per heavy atom. The molecule has 3 atom stereocenters. The molecule has 2 fully saturated rings. The molecule has 288 valence electrons. The number of carbonyl (C=O) groups excluding carboxylic acids is 3. The summed E-state index contributed by atoms with van der Waals surface area (Å²) in [5, 5.41) is 9.85. The molecule has 52 heavy (non-hydrogen) atoms. The van der Waals surface area contributed by atoms with Gasteiger partial charge in [-0.3, -0.25) is 28.3 Å². The number of aromatic nitrogens is 4. The zero-order valence-electron chi connectivity index (χ0n) is 31.5. The maximum absolute atomic E-state index is 13.2. The van der Waals surface area contributed by atoms with Crippen molar-refractivity contribution in [3.05, 3.63) is 44.5 Å². The van der Waals surface area contributed by atoms with Gasteiger partial charge >= 0.3 is 18.0 Å². The Hall–Kier alpha value is -4.47. The van der Waals surface area contributed by atoms with E-state index in [-0.39, 0.29) is 61.7 Å². The highest BCUT2D eigenvalue weighted by atomic mass is 16.6. The van der Waals surface area contributed by atoms with Gasteiger partial charge in [0.1, 0.15) is 18.7 Å². The van der Waals surface area contributed by atoms with Gasteiger partial charge in [0, 0.05) is 55.5 Å². The topological polar surface area (TPSA) is 188 Å². The third-order valence-corrected chi connectivity index (χ3v) is 9.21. The van der Waals surface area contributed by atoms with Crippen LogP contribution < -0.4 is 27.1 Å².